The first-order valence-electron chi connectivity index (χ1n) is 13.0. The summed E-state index contributed by atoms with van der Waals surface area (Å²) in [5, 5.41) is 17.9. The highest BCUT2D eigenvalue weighted by molar-refractivity contribution is 7.12. The van der Waals surface area contributed by atoms with E-state index in [-0.39, 0.29) is 35.7 Å². The molecule has 0 spiro atoms. The van der Waals surface area contributed by atoms with E-state index in [2.05, 4.69) is 22.0 Å². The van der Waals surface area contributed by atoms with Crippen LogP contribution in [0.5, 0.6) is 0 Å². The van der Waals surface area contributed by atoms with E-state index in [1.54, 1.807) is 30.0 Å². The Morgan fingerprint density at radius 1 is 1.27 bits per heavy atom. The van der Waals surface area contributed by atoms with Crippen LogP contribution in [0.15, 0.2) is 42.6 Å². The molecular weight excluding hydrogens is 542 g/mol. The molecule has 1 aliphatic rings. The van der Waals surface area contributed by atoms with Crippen LogP contribution in [0.3, 0.4) is 0 Å². The van der Waals surface area contributed by atoms with E-state index in [0.717, 1.165) is 10.9 Å². The van der Waals surface area contributed by atoms with Crippen LogP contribution in [-0.4, -0.2) is 55.2 Å². The number of carbonyl (C=O) groups excluding carboxylic acids is 1. The van der Waals surface area contributed by atoms with E-state index in [4.69, 9.17) is 0 Å². The summed E-state index contributed by atoms with van der Waals surface area (Å²) in [7, 11) is 1.18. The number of amides is 1. The molecule has 1 amide bonds. The first-order chi connectivity index (χ1) is 18.8. The zero-order chi connectivity index (χ0) is 29.7. The van der Waals surface area contributed by atoms with E-state index < -0.39 is 24.0 Å². The molecule has 0 fully saturated rings. The van der Waals surface area contributed by atoms with Crippen molar-refractivity contribution in [2.75, 3.05) is 26.7 Å². The number of hydrogen-bond acceptors (Lipinski definition) is 6. The minimum Gasteiger partial charge on any atom is -0.391 e. The number of alkyl halides is 3. The molecule has 1 aromatic heterocycles. The van der Waals surface area contributed by atoms with E-state index in [0.29, 0.717) is 29.1 Å². The van der Waals surface area contributed by atoms with Crippen LogP contribution in [0, 0.1) is 17.1 Å². The van der Waals surface area contributed by atoms with Gasteiger partial charge in [0.05, 0.1) is 6.54 Å². The van der Waals surface area contributed by atoms with Crippen molar-refractivity contribution >= 4 is 22.8 Å². The van der Waals surface area contributed by atoms with Crippen molar-refractivity contribution in [3.8, 4) is 6.07 Å². The minimum atomic E-state index is -4.70. The van der Waals surface area contributed by atoms with Gasteiger partial charge >= 0.3 is 6.18 Å². The number of benzene rings is 1. The predicted molar refractivity (Wildman–Crippen MR) is 150 cm³/mol. The zero-order valence-electron chi connectivity index (χ0n) is 23.2. The lowest BCUT2D eigenvalue weighted by molar-refractivity contribution is -0.140. The standard InChI is InChI=1S/C29H35F4N5OS/c1-6-36-15-21(27(35-5)29(31,32)33)26-19(9-7-10-23(26)30)22-16-38(17-24-20(22)13-18(14-34)40-24)25(39)11-8-12-37-28(2,3)4/h7-11,13,15,22,27,35-37H,6,12,16-17H2,1-5H3/b11-8+,21-15-/t22-,27?/m0/s1. The van der Waals surface area contributed by atoms with Crippen LogP contribution in [0.2, 0.25) is 0 Å². The maximum Gasteiger partial charge on any atom is 0.407 e. The fraction of sp³-hybridized carbons (Fsp3) is 0.448. The summed E-state index contributed by atoms with van der Waals surface area (Å²) in [6.45, 7) is 8.94. The van der Waals surface area contributed by atoms with Crippen molar-refractivity contribution in [3.63, 3.8) is 0 Å². The third kappa shape index (κ3) is 7.50. The Labute approximate surface area is 236 Å². The number of nitriles is 1. The van der Waals surface area contributed by atoms with Gasteiger partial charge in [-0.1, -0.05) is 18.2 Å². The summed E-state index contributed by atoms with van der Waals surface area (Å²) in [5.41, 5.74) is 0.426. The van der Waals surface area contributed by atoms with E-state index >= 15 is 4.39 Å². The molecule has 0 radical (unpaired) electrons. The number of rotatable bonds is 9. The van der Waals surface area contributed by atoms with Crippen LogP contribution in [-0.2, 0) is 11.3 Å². The normalized spacial score (nSPS) is 17.1. The molecule has 2 aromatic rings. The second kappa shape index (κ2) is 13.0. The van der Waals surface area contributed by atoms with Crippen LogP contribution in [0.1, 0.15) is 60.1 Å². The van der Waals surface area contributed by atoms with Gasteiger partial charge in [-0.05, 0) is 58.0 Å². The molecule has 216 valence electrons. The molecule has 1 unspecified atom stereocenters. The average molecular weight is 578 g/mol. The highest BCUT2D eigenvalue weighted by Crippen LogP contribution is 2.43. The highest BCUT2D eigenvalue weighted by atomic mass is 32.1. The first-order valence-corrected chi connectivity index (χ1v) is 13.8. The van der Waals surface area contributed by atoms with Crippen LogP contribution >= 0.6 is 11.3 Å². The van der Waals surface area contributed by atoms with E-state index in [1.807, 2.05) is 20.8 Å². The van der Waals surface area contributed by atoms with Crippen LogP contribution in [0.4, 0.5) is 17.6 Å². The molecule has 1 aromatic carbocycles. The molecule has 11 heteroatoms. The second-order valence-electron chi connectivity index (χ2n) is 10.5. The number of nitrogens with zero attached hydrogens (tertiary/aromatic N) is 2. The minimum absolute atomic E-state index is 0.117. The van der Waals surface area contributed by atoms with Crippen molar-refractivity contribution in [1.29, 1.82) is 5.26 Å². The van der Waals surface area contributed by atoms with Gasteiger partial charge in [0.1, 0.15) is 22.8 Å². The fourth-order valence-corrected chi connectivity index (χ4v) is 5.72. The Hall–Kier alpha value is -3.20. The maximum atomic E-state index is 15.6. The SMILES string of the molecule is CCN/C=C(/c1c(F)cccc1[C@@H]1CN(C(=O)/C=C/CNC(C)(C)C)Cc2sc(C#N)cc21)C(NC)C(F)(F)F. The topological polar surface area (TPSA) is 80.2 Å². The molecule has 2 atom stereocenters. The van der Waals surface area contributed by atoms with Crippen molar-refractivity contribution in [2.24, 2.45) is 0 Å². The molecule has 0 bridgehead atoms. The fourth-order valence-electron chi connectivity index (χ4n) is 4.68. The van der Waals surface area contributed by atoms with Gasteiger partial charge in [-0.15, -0.1) is 11.3 Å². The van der Waals surface area contributed by atoms with E-state index in [1.165, 1.54) is 36.7 Å². The van der Waals surface area contributed by atoms with Gasteiger partial charge in [0.15, 0.2) is 0 Å². The van der Waals surface area contributed by atoms with Gasteiger partial charge in [0, 0.05) is 59.4 Å². The summed E-state index contributed by atoms with van der Waals surface area (Å²) in [4.78, 5) is 15.9. The number of halogens is 4. The molecule has 3 rings (SSSR count). The van der Waals surface area contributed by atoms with Crippen molar-refractivity contribution in [3.05, 3.63) is 74.9 Å². The number of thiophene rings is 1. The first kappa shape index (κ1) is 31.3. The molecule has 0 aliphatic carbocycles. The Bertz CT molecular complexity index is 1300. The molecule has 3 N–H and O–H groups in total. The Morgan fingerprint density at radius 2 is 2.00 bits per heavy atom. The number of nitrogens with one attached hydrogen (secondary N) is 3. The molecule has 1 aliphatic heterocycles. The van der Waals surface area contributed by atoms with Crippen LogP contribution in [0.25, 0.3) is 5.57 Å². The van der Waals surface area contributed by atoms with Crippen molar-refractivity contribution < 1.29 is 22.4 Å². The Balaban J connectivity index is 2.11. The summed E-state index contributed by atoms with van der Waals surface area (Å²) in [6.07, 6.45) is -0.317. The summed E-state index contributed by atoms with van der Waals surface area (Å²) >= 11 is 1.23. The lowest BCUT2D eigenvalue weighted by Gasteiger charge is -2.34. The number of carbonyl (C=O) groups is 1. The Kier molecular flexibility index (Phi) is 10.2. The third-order valence-electron chi connectivity index (χ3n) is 6.49. The van der Waals surface area contributed by atoms with Gasteiger partial charge in [-0.25, -0.2) is 4.39 Å². The number of likely N-dealkylation sites (N-methyl/N-ethyl adjacent to an activating group) is 1. The lowest BCUT2D eigenvalue weighted by atomic mass is 9.82. The Morgan fingerprint density at radius 3 is 2.60 bits per heavy atom. The lowest BCUT2D eigenvalue weighted by Crippen LogP contribution is -2.42. The van der Waals surface area contributed by atoms with Crippen molar-refractivity contribution in [2.45, 2.75) is 57.9 Å². The molecule has 0 saturated heterocycles. The zero-order valence-corrected chi connectivity index (χ0v) is 24.1. The average Bonchev–Trinajstić information content (AvgIpc) is 3.30. The van der Waals surface area contributed by atoms with Crippen LogP contribution < -0.4 is 16.0 Å². The molecule has 6 nitrogen and oxygen atoms in total. The van der Waals surface area contributed by atoms with Crippen molar-refractivity contribution in [1.82, 2.24) is 20.9 Å². The molecule has 40 heavy (non-hydrogen) atoms. The quantitative estimate of drug-likeness (QED) is 0.279. The summed E-state index contributed by atoms with van der Waals surface area (Å²) < 4.78 is 57.9. The monoisotopic (exact) mass is 577 g/mol. The van der Waals surface area contributed by atoms with Gasteiger partial charge in [-0.3, -0.25) is 4.79 Å². The van der Waals surface area contributed by atoms with Gasteiger partial charge in [-0.2, -0.15) is 18.4 Å². The van der Waals surface area contributed by atoms with Gasteiger partial charge in [0.25, 0.3) is 0 Å². The number of fused-ring (bicyclic) bond motifs is 1. The molecule has 2 heterocycles. The summed E-state index contributed by atoms with van der Waals surface area (Å²) in [5.74, 6) is -1.73. The number of hydrogen-bond donors (Lipinski definition) is 3. The molecule has 0 saturated carbocycles. The smallest absolute Gasteiger partial charge is 0.391 e. The maximum absolute atomic E-state index is 15.6. The largest absolute Gasteiger partial charge is 0.407 e. The third-order valence-corrected chi connectivity index (χ3v) is 7.53. The highest BCUT2D eigenvalue weighted by Gasteiger charge is 2.43. The predicted octanol–water partition coefficient (Wildman–Crippen LogP) is 5.28. The molecular formula is C29H35F4N5OS. The van der Waals surface area contributed by atoms with E-state index in [9.17, 15) is 23.2 Å². The van der Waals surface area contributed by atoms with Gasteiger partial charge in [0.2, 0.25) is 5.91 Å². The van der Waals surface area contributed by atoms with Gasteiger partial charge < -0.3 is 20.9 Å². The second-order valence-corrected chi connectivity index (χ2v) is 11.7. The summed E-state index contributed by atoms with van der Waals surface area (Å²) in [6, 6.07) is 5.85.